The van der Waals surface area contributed by atoms with Crippen LogP contribution >= 0.6 is 0 Å². The first kappa shape index (κ1) is 10.4. The number of nitrogens with zero attached hydrogens (tertiary/aromatic N) is 3. The van der Waals surface area contributed by atoms with Gasteiger partial charge in [-0.05, 0) is 38.4 Å². The van der Waals surface area contributed by atoms with Crippen LogP contribution in [0.25, 0.3) is 11.5 Å². The molecule has 0 radical (unpaired) electrons. The minimum atomic E-state index is 0.209. The van der Waals surface area contributed by atoms with Crippen molar-refractivity contribution in [3.05, 3.63) is 29.8 Å². The van der Waals surface area contributed by atoms with Gasteiger partial charge in [0.1, 0.15) is 5.69 Å². The molecule has 5 nitrogen and oxygen atoms in total. The van der Waals surface area contributed by atoms with Gasteiger partial charge in [-0.2, -0.15) is 4.98 Å². The Morgan fingerprint density at radius 1 is 1.35 bits per heavy atom. The smallest absolute Gasteiger partial charge is 0.244 e. The van der Waals surface area contributed by atoms with Gasteiger partial charge in [0.05, 0.1) is 6.04 Å². The molecule has 3 heterocycles. The van der Waals surface area contributed by atoms with Crippen molar-refractivity contribution in [1.29, 1.82) is 0 Å². The predicted octanol–water partition coefficient (Wildman–Crippen LogP) is 1.86. The lowest BCUT2D eigenvalue weighted by Crippen LogP contribution is -2.12. The zero-order valence-electron chi connectivity index (χ0n) is 9.68. The summed E-state index contributed by atoms with van der Waals surface area (Å²) in [6.45, 7) is 2.97. The maximum absolute atomic E-state index is 5.28. The fourth-order valence-corrected chi connectivity index (χ4v) is 2.04. The molecule has 1 N–H and O–H groups in total. The fourth-order valence-electron chi connectivity index (χ4n) is 2.04. The lowest BCUT2D eigenvalue weighted by Gasteiger charge is -2.01. The second-order valence-electron chi connectivity index (χ2n) is 4.27. The number of aryl methyl sites for hydroxylation is 1. The number of hydrogen-bond donors (Lipinski definition) is 1. The Bertz CT molecular complexity index is 517. The highest BCUT2D eigenvalue weighted by molar-refractivity contribution is 5.48. The molecule has 0 aliphatic carbocycles. The van der Waals surface area contributed by atoms with Gasteiger partial charge in [0, 0.05) is 5.69 Å². The van der Waals surface area contributed by atoms with E-state index < -0.39 is 0 Å². The van der Waals surface area contributed by atoms with Crippen LogP contribution in [0.5, 0.6) is 0 Å². The van der Waals surface area contributed by atoms with E-state index in [-0.39, 0.29) is 6.04 Å². The molecule has 1 fully saturated rings. The quantitative estimate of drug-likeness (QED) is 0.853. The van der Waals surface area contributed by atoms with E-state index in [0.717, 1.165) is 30.8 Å². The molecule has 1 aliphatic heterocycles. The number of hydrogen-bond acceptors (Lipinski definition) is 5. The molecule has 0 saturated carbocycles. The van der Waals surface area contributed by atoms with Crippen LogP contribution in [0.4, 0.5) is 0 Å². The Balaban J connectivity index is 1.89. The summed E-state index contributed by atoms with van der Waals surface area (Å²) >= 11 is 0. The van der Waals surface area contributed by atoms with Gasteiger partial charge in [0.2, 0.25) is 11.7 Å². The minimum absolute atomic E-state index is 0.209. The number of rotatable bonds is 2. The van der Waals surface area contributed by atoms with Crippen LogP contribution in [-0.2, 0) is 0 Å². The molecule has 2 aromatic rings. The van der Waals surface area contributed by atoms with E-state index in [9.17, 15) is 0 Å². The van der Waals surface area contributed by atoms with Crippen LogP contribution in [-0.4, -0.2) is 21.7 Å². The molecule has 0 spiro atoms. The van der Waals surface area contributed by atoms with Gasteiger partial charge in [0.25, 0.3) is 0 Å². The van der Waals surface area contributed by atoms with Crippen molar-refractivity contribution in [1.82, 2.24) is 20.4 Å². The van der Waals surface area contributed by atoms with E-state index in [2.05, 4.69) is 20.4 Å². The van der Waals surface area contributed by atoms with Crippen molar-refractivity contribution in [2.24, 2.45) is 0 Å². The molecule has 1 saturated heterocycles. The van der Waals surface area contributed by atoms with Gasteiger partial charge >= 0.3 is 0 Å². The molecular formula is C12H14N4O. The first-order chi connectivity index (χ1) is 8.33. The molecule has 1 unspecified atom stereocenters. The lowest BCUT2D eigenvalue weighted by molar-refractivity contribution is 0.345. The van der Waals surface area contributed by atoms with Gasteiger partial charge in [0.15, 0.2) is 0 Å². The van der Waals surface area contributed by atoms with Crippen LogP contribution in [0.15, 0.2) is 22.7 Å². The van der Waals surface area contributed by atoms with Crippen molar-refractivity contribution in [3.8, 4) is 11.5 Å². The molecule has 1 atom stereocenters. The van der Waals surface area contributed by atoms with E-state index in [1.54, 1.807) is 0 Å². The highest BCUT2D eigenvalue weighted by Crippen LogP contribution is 2.23. The van der Waals surface area contributed by atoms with Gasteiger partial charge < -0.3 is 9.84 Å². The Hall–Kier alpha value is -1.75. The summed E-state index contributed by atoms with van der Waals surface area (Å²) in [5.41, 5.74) is 1.71. The molecule has 0 bridgehead atoms. The fraction of sp³-hybridized carbons (Fsp3) is 0.417. The van der Waals surface area contributed by atoms with Crippen LogP contribution in [0, 0.1) is 6.92 Å². The van der Waals surface area contributed by atoms with Crippen molar-refractivity contribution in [3.63, 3.8) is 0 Å². The maximum atomic E-state index is 5.28. The minimum Gasteiger partial charge on any atom is -0.337 e. The highest BCUT2D eigenvalue weighted by Gasteiger charge is 2.22. The molecule has 0 aromatic carbocycles. The van der Waals surface area contributed by atoms with Crippen molar-refractivity contribution >= 4 is 0 Å². The first-order valence-electron chi connectivity index (χ1n) is 5.84. The SMILES string of the molecule is Cc1cccc(-c2noc(C3CCCN3)n2)n1. The summed E-state index contributed by atoms with van der Waals surface area (Å²) in [6, 6.07) is 6.00. The van der Waals surface area contributed by atoms with Gasteiger partial charge in [-0.25, -0.2) is 4.98 Å². The molecule has 0 amide bonds. The Morgan fingerprint density at radius 3 is 3.06 bits per heavy atom. The van der Waals surface area contributed by atoms with Gasteiger partial charge in [-0.15, -0.1) is 0 Å². The largest absolute Gasteiger partial charge is 0.337 e. The maximum Gasteiger partial charge on any atom is 0.244 e. The molecular weight excluding hydrogens is 216 g/mol. The standard InChI is InChI=1S/C12H14N4O/c1-8-4-2-5-9(14-8)11-15-12(17-16-11)10-6-3-7-13-10/h2,4-5,10,13H,3,6-7H2,1H3. The predicted molar refractivity (Wildman–Crippen MR) is 62.2 cm³/mol. The molecule has 5 heteroatoms. The average molecular weight is 230 g/mol. The van der Waals surface area contributed by atoms with E-state index in [0.29, 0.717) is 11.7 Å². The van der Waals surface area contributed by atoms with E-state index in [1.165, 1.54) is 0 Å². The van der Waals surface area contributed by atoms with E-state index in [4.69, 9.17) is 4.52 Å². The summed E-state index contributed by atoms with van der Waals surface area (Å²) in [6.07, 6.45) is 2.22. The molecule has 3 rings (SSSR count). The Kier molecular flexibility index (Phi) is 2.60. The van der Waals surface area contributed by atoms with Crippen LogP contribution in [0.1, 0.15) is 30.5 Å². The normalized spacial score (nSPS) is 19.7. The zero-order chi connectivity index (χ0) is 11.7. The third-order valence-electron chi connectivity index (χ3n) is 2.92. The van der Waals surface area contributed by atoms with Crippen molar-refractivity contribution in [2.45, 2.75) is 25.8 Å². The monoisotopic (exact) mass is 230 g/mol. The summed E-state index contributed by atoms with van der Waals surface area (Å²) in [5.74, 6) is 1.23. The summed E-state index contributed by atoms with van der Waals surface area (Å²) < 4.78 is 5.28. The van der Waals surface area contributed by atoms with Crippen molar-refractivity contribution in [2.75, 3.05) is 6.54 Å². The van der Waals surface area contributed by atoms with Crippen LogP contribution < -0.4 is 5.32 Å². The number of nitrogens with one attached hydrogen (secondary N) is 1. The van der Waals surface area contributed by atoms with Crippen LogP contribution in [0.3, 0.4) is 0 Å². The number of aromatic nitrogens is 3. The second-order valence-corrected chi connectivity index (χ2v) is 4.27. The summed E-state index contributed by atoms with van der Waals surface area (Å²) in [5, 5.41) is 7.32. The van der Waals surface area contributed by atoms with Gasteiger partial charge in [-0.3, -0.25) is 0 Å². The summed E-state index contributed by atoms with van der Waals surface area (Å²) in [7, 11) is 0. The molecule has 1 aliphatic rings. The van der Waals surface area contributed by atoms with Crippen molar-refractivity contribution < 1.29 is 4.52 Å². The third-order valence-corrected chi connectivity index (χ3v) is 2.92. The molecule has 2 aromatic heterocycles. The Labute approximate surface area is 99.3 Å². The van der Waals surface area contributed by atoms with E-state index >= 15 is 0 Å². The zero-order valence-corrected chi connectivity index (χ0v) is 9.68. The number of pyridine rings is 1. The lowest BCUT2D eigenvalue weighted by atomic mass is 10.2. The topological polar surface area (TPSA) is 63.8 Å². The van der Waals surface area contributed by atoms with E-state index in [1.807, 2.05) is 25.1 Å². The first-order valence-corrected chi connectivity index (χ1v) is 5.84. The van der Waals surface area contributed by atoms with Crippen LogP contribution in [0.2, 0.25) is 0 Å². The molecule has 88 valence electrons. The third kappa shape index (κ3) is 2.06. The molecule has 17 heavy (non-hydrogen) atoms. The highest BCUT2D eigenvalue weighted by atomic mass is 16.5. The average Bonchev–Trinajstić information content (AvgIpc) is 3.00. The Morgan fingerprint density at radius 2 is 2.29 bits per heavy atom. The van der Waals surface area contributed by atoms with Gasteiger partial charge in [-0.1, -0.05) is 11.2 Å². The second kappa shape index (κ2) is 4.25. The summed E-state index contributed by atoms with van der Waals surface area (Å²) in [4.78, 5) is 8.78.